The molecule has 0 saturated carbocycles. The number of carbonyl (C=O) groups excluding carboxylic acids is 3. The van der Waals surface area contributed by atoms with Crippen LogP contribution < -0.4 is 0 Å². The van der Waals surface area contributed by atoms with Crippen molar-refractivity contribution in [2.75, 3.05) is 13.2 Å². The summed E-state index contributed by atoms with van der Waals surface area (Å²) in [6.07, 6.45) is 93.5. The molecule has 0 aromatic heterocycles. The summed E-state index contributed by atoms with van der Waals surface area (Å²) in [6.45, 7) is 6.54. The van der Waals surface area contributed by atoms with Gasteiger partial charge in [-0.15, -0.1) is 0 Å². The first-order valence-electron chi connectivity index (χ1n) is 35.6. The maximum atomic E-state index is 12.9. The van der Waals surface area contributed by atoms with E-state index in [1.54, 1.807) is 0 Å². The highest BCUT2D eigenvalue weighted by Crippen LogP contribution is 2.18. The average molecular weight is 1140 g/mol. The number of hydrogen-bond donors (Lipinski definition) is 0. The van der Waals surface area contributed by atoms with Gasteiger partial charge in [0, 0.05) is 19.3 Å². The Bertz CT molecular complexity index is 1550. The standard InChI is InChI=1S/C76H134O6/c1-4-7-10-13-16-19-21-23-25-27-29-31-33-35-36-37-38-39-40-42-43-45-47-49-51-53-55-57-60-63-66-69-75(78)81-72-73(71-80-74(77)68-65-62-59-18-15-12-9-6-3)82-76(79)70-67-64-61-58-56-54-52-50-48-46-44-41-34-32-30-28-26-24-22-20-17-14-11-8-5-2/h7,10,16,19,23,25,29,31,35-36,38-39,42-43,73H,4-6,8-9,11-15,17-18,20-22,24,26-28,30,32-34,37,40-41,44-72H2,1-3H3/b10-7-,19-16-,25-23-,31-29-,36-35-,39-38-,43-42-. The van der Waals surface area contributed by atoms with E-state index in [2.05, 4.69) is 106 Å². The van der Waals surface area contributed by atoms with Crippen molar-refractivity contribution in [3.05, 3.63) is 85.1 Å². The molecular formula is C76H134O6. The van der Waals surface area contributed by atoms with Gasteiger partial charge < -0.3 is 14.2 Å². The molecule has 0 aliphatic heterocycles. The van der Waals surface area contributed by atoms with Gasteiger partial charge in [0.15, 0.2) is 6.10 Å². The molecule has 0 saturated heterocycles. The topological polar surface area (TPSA) is 78.9 Å². The maximum absolute atomic E-state index is 12.9. The summed E-state index contributed by atoms with van der Waals surface area (Å²) in [5.74, 6) is -0.865. The van der Waals surface area contributed by atoms with Crippen LogP contribution in [0.2, 0.25) is 0 Å². The molecule has 0 N–H and O–H groups in total. The molecule has 82 heavy (non-hydrogen) atoms. The van der Waals surface area contributed by atoms with Crippen LogP contribution in [-0.4, -0.2) is 37.2 Å². The minimum absolute atomic E-state index is 0.0733. The molecule has 0 aromatic rings. The second kappa shape index (κ2) is 70.1. The van der Waals surface area contributed by atoms with Gasteiger partial charge >= 0.3 is 17.9 Å². The van der Waals surface area contributed by atoms with Crippen molar-refractivity contribution in [2.24, 2.45) is 0 Å². The molecule has 1 atom stereocenters. The Morgan fingerprint density at radius 1 is 0.256 bits per heavy atom. The van der Waals surface area contributed by atoms with Crippen LogP contribution in [0.5, 0.6) is 0 Å². The number of unbranched alkanes of at least 4 members (excludes halogenated alkanes) is 40. The molecule has 1 unspecified atom stereocenters. The number of hydrogen-bond acceptors (Lipinski definition) is 6. The molecule has 0 fully saturated rings. The van der Waals surface area contributed by atoms with E-state index in [-0.39, 0.29) is 31.1 Å². The normalized spacial score (nSPS) is 12.6. The lowest BCUT2D eigenvalue weighted by atomic mass is 10.0. The van der Waals surface area contributed by atoms with E-state index >= 15 is 0 Å². The van der Waals surface area contributed by atoms with E-state index in [0.29, 0.717) is 19.3 Å². The van der Waals surface area contributed by atoms with Crippen LogP contribution in [0.3, 0.4) is 0 Å². The Labute approximate surface area is 509 Å². The lowest BCUT2D eigenvalue weighted by Gasteiger charge is -2.18. The van der Waals surface area contributed by atoms with Gasteiger partial charge in [-0.1, -0.05) is 350 Å². The van der Waals surface area contributed by atoms with Crippen molar-refractivity contribution in [1.82, 2.24) is 0 Å². The van der Waals surface area contributed by atoms with Crippen molar-refractivity contribution in [2.45, 2.75) is 367 Å². The third kappa shape index (κ3) is 67.4. The molecule has 0 amide bonds. The van der Waals surface area contributed by atoms with Gasteiger partial charge in [0.1, 0.15) is 13.2 Å². The number of ether oxygens (including phenoxy) is 3. The fourth-order valence-corrected chi connectivity index (χ4v) is 10.4. The third-order valence-electron chi connectivity index (χ3n) is 15.7. The van der Waals surface area contributed by atoms with Crippen molar-refractivity contribution in [1.29, 1.82) is 0 Å². The van der Waals surface area contributed by atoms with Crippen molar-refractivity contribution >= 4 is 17.9 Å². The summed E-state index contributed by atoms with van der Waals surface area (Å²) < 4.78 is 16.9. The molecule has 0 aliphatic carbocycles. The summed E-state index contributed by atoms with van der Waals surface area (Å²) in [6, 6.07) is 0. The molecular weight excluding hydrogens is 1010 g/mol. The Morgan fingerprint density at radius 2 is 0.476 bits per heavy atom. The Morgan fingerprint density at radius 3 is 0.744 bits per heavy atom. The third-order valence-corrected chi connectivity index (χ3v) is 15.7. The summed E-state index contributed by atoms with van der Waals surface area (Å²) in [4.78, 5) is 38.3. The zero-order chi connectivity index (χ0) is 59.2. The largest absolute Gasteiger partial charge is 0.462 e. The SMILES string of the molecule is CC/C=C\C/C=C\C/C=C\C/C=C\C/C=C\C/C=C\C/C=C\CCCCCCCCCCCC(=O)OCC(COC(=O)CCCCCCCCCC)OC(=O)CCCCCCCCCCCCCCCCCCCCCCCCCCC. The molecule has 0 aliphatic rings. The van der Waals surface area contributed by atoms with Crippen LogP contribution >= 0.6 is 0 Å². The summed E-state index contributed by atoms with van der Waals surface area (Å²) in [5.41, 5.74) is 0. The first-order valence-corrected chi connectivity index (χ1v) is 35.6. The molecule has 0 bridgehead atoms. The van der Waals surface area contributed by atoms with Gasteiger partial charge in [0.05, 0.1) is 0 Å². The van der Waals surface area contributed by atoms with E-state index in [1.165, 1.54) is 212 Å². The Balaban J connectivity index is 4.12. The van der Waals surface area contributed by atoms with E-state index < -0.39 is 6.10 Å². The minimum atomic E-state index is -0.775. The molecule has 0 aromatic carbocycles. The second-order valence-electron chi connectivity index (χ2n) is 23.8. The average Bonchev–Trinajstić information content (AvgIpc) is 3.47. The molecule has 0 heterocycles. The van der Waals surface area contributed by atoms with Crippen LogP contribution in [0.25, 0.3) is 0 Å². The van der Waals surface area contributed by atoms with Gasteiger partial charge in [0.2, 0.25) is 0 Å². The monoisotopic (exact) mass is 1140 g/mol. The molecule has 6 nitrogen and oxygen atoms in total. The highest BCUT2D eigenvalue weighted by atomic mass is 16.6. The molecule has 0 rings (SSSR count). The predicted octanol–water partition coefficient (Wildman–Crippen LogP) is 24.6. The van der Waals surface area contributed by atoms with E-state index in [9.17, 15) is 14.4 Å². The number of esters is 3. The van der Waals surface area contributed by atoms with Gasteiger partial charge in [-0.2, -0.15) is 0 Å². The summed E-state index contributed by atoms with van der Waals surface area (Å²) in [7, 11) is 0. The molecule has 474 valence electrons. The van der Waals surface area contributed by atoms with Gasteiger partial charge in [-0.3, -0.25) is 14.4 Å². The Hall–Kier alpha value is -3.41. The first-order chi connectivity index (χ1) is 40.5. The maximum Gasteiger partial charge on any atom is 0.306 e. The lowest BCUT2D eigenvalue weighted by Crippen LogP contribution is -2.30. The van der Waals surface area contributed by atoms with E-state index in [1.807, 2.05) is 0 Å². The molecule has 0 spiro atoms. The number of carbonyl (C=O) groups is 3. The van der Waals surface area contributed by atoms with Crippen LogP contribution in [0, 0.1) is 0 Å². The molecule has 0 radical (unpaired) electrons. The first kappa shape index (κ1) is 78.6. The number of rotatable bonds is 65. The van der Waals surface area contributed by atoms with Crippen molar-refractivity contribution in [3.8, 4) is 0 Å². The van der Waals surface area contributed by atoms with Crippen LogP contribution in [0.4, 0.5) is 0 Å². The zero-order valence-corrected chi connectivity index (χ0v) is 54.5. The van der Waals surface area contributed by atoms with E-state index in [0.717, 1.165) is 109 Å². The van der Waals surface area contributed by atoms with E-state index in [4.69, 9.17) is 14.2 Å². The highest BCUT2D eigenvalue weighted by Gasteiger charge is 2.19. The van der Waals surface area contributed by atoms with Gasteiger partial charge in [-0.05, 0) is 77.0 Å². The van der Waals surface area contributed by atoms with Crippen molar-refractivity contribution < 1.29 is 28.6 Å². The molecule has 6 heteroatoms. The highest BCUT2D eigenvalue weighted by molar-refractivity contribution is 5.71. The van der Waals surface area contributed by atoms with Crippen LogP contribution in [-0.2, 0) is 28.6 Å². The Kier molecular flexibility index (Phi) is 67.2. The summed E-state index contributed by atoms with van der Waals surface area (Å²) >= 11 is 0. The van der Waals surface area contributed by atoms with Crippen LogP contribution in [0.15, 0.2) is 85.1 Å². The number of allylic oxidation sites excluding steroid dienone is 14. The smallest absolute Gasteiger partial charge is 0.306 e. The second-order valence-corrected chi connectivity index (χ2v) is 23.8. The quantitative estimate of drug-likeness (QED) is 0.0261. The zero-order valence-electron chi connectivity index (χ0n) is 54.5. The predicted molar refractivity (Wildman–Crippen MR) is 358 cm³/mol. The fourth-order valence-electron chi connectivity index (χ4n) is 10.4. The van der Waals surface area contributed by atoms with Gasteiger partial charge in [0.25, 0.3) is 0 Å². The summed E-state index contributed by atoms with van der Waals surface area (Å²) in [5, 5.41) is 0. The van der Waals surface area contributed by atoms with Gasteiger partial charge in [-0.25, -0.2) is 0 Å². The lowest BCUT2D eigenvalue weighted by molar-refractivity contribution is -0.167. The fraction of sp³-hybridized carbons (Fsp3) is 0.776. The minimum Gasteiger partial charge on any atom is -0.462 e. The van der Waals surface area contributed by atoms with Crippen LogP contribution in [0.1, 0.15) is 361 Å². The van der Waals surface area contributed by atoms with Crippen molar-refractivity contribution in [3.63, 3.8) is 0 Å².